The van der Waals surface area contributed by atoms with Gasteiger partial charge in [-0.05, 0) is 227 Å². The third-order valence-electron chi connectivity index (χ3n) is 17.1. The van der Waals surface area contributed by atoms with Crippen LogP contribution >= 0.6 is 0 Å². The molecule has 0 aromatic rings. The third-order valence-corrected chi connectivity index (χ3v) is 17.1. The number of hydrogen-bond donors (Lipinski definition) is 0. The summed E-state index contributed by atoms with van der Waals surface area (Å²) >= 11 is 0. The summed E-state index contributed by atoms with van der Waals surface area (Å²) in [4.78, 5) is 6.38. The number of hydrogen-bond acceptors (Lipinski definition) is 2. The minimum Gasteiger partial charge on any atom is -0.294 e. The third kappa shape index (κ3) is 9.85. The van der Waals surface area contributed by atoms with Gasteiger partial charge < -0.3 is 0 Å². The van der Waals surface area contributed by atoms with E-state index < -0.39 is 0 Å². The van der Waals surface area contributed by atoms with Gasteiger partial charge in [0.1, 0.15) is 0 Å². The molecule has 2 heteroatoms. The number of allylic oxidation sites excluding steroid dienone is 2. The summed E-state index contributed by atoms with van der Waals surface area (Å²) in [6.07, 6.45) is 47.2. The van der Waals surface area contributed by atoms with Crippen LogP contribution < -0.4 is 0 Å². The molecule has 2 nitrogen and oxygen atoms in total. The average Bonchev–Trinajstić information content (AvgIpc) is 3.15. The quantitative estimate of drug-likeness (QED) is 0.223. The first-order chi connectivity index (χ1) is 24.4. The molecule has 0 spiro atoms. The normalized spacial score (nSPS) is 45.6. The van der Waals surface area contributed by atoms with Gasteiger partial charge in [-0.15, -0.1) is 0 Å². The lowest BCUT2D eigenvalue weighted by Crippen LogP contribution is -2.52. The van der Waals surface area contributed by atoms with Crippen molar-refractivity contribution < 1.29 is 0 Å². The van der Waals surface area contributed by atoms with Crippen LogP contribution in [0.4, 0.5) is 0 Å². The van der Waals surface area contributed by atoms with Crippen molar-refractivity contribution >= 4 is 0 Å². The molecular formula is C48H84N2. The largest absolute Gasteiger partial charge is 0.294 e. The molecule has 7 rings (SSSR count). The van der Waals surface area contributed by atoms with Crippen LogP contribution in [0.15, 0.2) is 12.2 Å². The van der Waals surface area contributed by atoms with Crippen LogP contribution in [0.2, 0.25) is 0 Å². The van der Waals surface area contributed by atoms with E-state index in [4.69, 9.17) is 0 Å². The second-order valence-corrected chi connectivity index (χ2v) is 20.7. The summed E-state index contributed by atoms with van der Waals surface area (Å²) in [7, 11) is 0. The fourth-order valence-corrected chi connectivity index (χ4v) is 13.5. The van der Waals surface area contributed by atoms with Crippen molar-refractivity contribution in [3.8, 4) is 0 Å². The molecule has 7 aliphatic carbocycles. The van der Waals surface area contributed by atoms with E-state index in [0.29, 0.717) is 0 Å². The zero-order valence-corrected chi connectivity index (χ0v) is 33.9. The Kier molecular flexibility index (Phi) is 13.9. The molecule has 50 heavy (non-hydrogen) atoms. The smallest absolute Gasteiger partial charge is 0.0102 e. The van der Waals surface area contributed by atoms with Crippen LogP contribution in [-0.2, 0) is 0 Å². The first-order valence-corrected chi connectivity index (χ1v) is 23.6. The predicted octanol–water partition coefficient (Wildman–Crippen LogP) is 13.4. The molecule has 0 heterocycles. The van der Waals surface area contributed by atoms with E-state index >= 15 is 0 Å². The second kappa shape index (κ2) is 18.3. The van der Waals surface area contributed by atoms with Gasteiger partial charge in [-0.3, -0.25) is 9.80 Å². The summed E-state index contributed by atoms with van der Waals surface area (Å²) in [5.41, 5.74) is 0. The Hall–Kier alpha value is -0.340. The molecule has 0 amide bonds. The number of rotatable bonds is 9. The van der Waals surface area contributed by atoms with E-state index in [2.05, 4.69) is 49.6 Å². The molecule has 0 N–H and O–H groups in total. The van der Waals surface area contributed by atoms with Crippen LogP contribution in [0.3, 0.4) is 0 Å². The molecule has 0 aromatic heterocycles. The lowest BCUT2D eigenvalue weighted by atomic mass is 9.69. The molecule has 7 fully saturated rings. The monoisotopic (exact) mass is 689 g/mol. The SMILES string of the molecule is CC1CCC(N(C2CCC(C)CC2)C2CCC(/C=C/C3CCC(C4CCC(N(C5CCC(C)CC5)C5CCC(C)CC5)CC4)CC3)CC2)CC1. The van der Waals surface area contributed by atoms with E-state index in [9.17, 15) is 0 Å². The van der Waals surface area contributed by atoms with Crippen LogP contribution in [0.25, 0.3) is 0 Å². The highest BCUT2D eigenvalue weighted by atomic mass is 15.2. The Morgan fingerprint density at radius 2 is 0.460 bits per heavy atom. The van der Waals surface area contributed by atoms with E-state index in [-0.39, 0.29) is 0 Å². The molecule has 286 valence electrons. The van der Waals surface area contributed by atoms with Gasteiger partial charge in [-0.25, -0.2) is 0 Å². The van der Waals surface area contributed by atoms with Crippen LogP contribution in [0, 0.1) is 47.3 Å². The van der Waals surface area contributed by atoms with Crippen molar-refractivity contribution in [1.29, 1.82) is 0 Å². The van der Waals surface area contributed by atoms with E-state index in [1.807, 2.05) is 0 Å². The van der Waals surface area contributed by atoms with Crippen LogP contribution in [-0.4, -0.2) is 46.1 Å². The van der Waals surface area contributed by atoms with Crippen LogP contribution in [0.5, 0.6) is 0 Å². The van der Waals surface area contributed by atoms with Gasteiger partial charge in [-0.1, -0.05) is 39.8 Å². The first kappa shape index (κ1) is 38.0. The highest BCUT2D eigenvalue weighted by molar-refractivity contribution is 5.00. The van der Waals surface area contributed by atoms with Crippen molar-refractivity contribution in [3.05, 3.63) is 12.2 Å². The topological polar surface area (TPSA) is 6.48 Å². The Labute approximate surface area is 312 Å². The standard InChI is InChI=1S/C48H84N2/c1-35-5-23-43(24-6-35)49(44-25-7-36(2)8-26-44)47-31-17-40(18-32-47)14-13-39-15-19-41(20-16-39)42-21-33-48(34-22-42)50(45-27-9-37(3)10-28-45)46-29-11-38(4)12-30-46/h13-14,35-48H,5-12,15-34H2,1-4H3/b14-13+. The molecule has 7 aliphatic rings. The van der Waals surface area contributed by atoms with Crippen molar-refractivity contribution in [1.82, 2.24) is 9.80 Å². The van der Waals surface area contributed by atoms with Gasteiger partial charge in [-0.2, -0.15) is 0 Å². The summed E-state index contributed by atoms with van der Waals surface area (Å²) in [5, 5.41) is 0. The van der Waals surface area contributed by atoms with E-state index in [0.717, 1.165) is 83.6 Å². The highest BCUT2D eigenvalue weighted by Crippen LogP contribution is 2.45. The lowest BCUT2D eigenvalue weighted by molar-refractivity contribution is -0.000193. The Bertz CT molecular complexity index is 935. The van der Waals surface area contributed by atoms with Gasteiger partial charge in [0, 0.05) is 36.3 Å². The Balaban J connectivity index is 0.848. The zero-order valence-electron chi connectivity index (χ0n) is 33.9. The Morgan fingerprint density at radius 3 is 0.740 bits per heavy atom. The van der Waals surface area contributed by atoms with Gasteiger partial charge in [0.25, 0.3) is 0 Å². The fourth-order valence-electron chi connectivity index (χ4n) is 13.5. The Morgan fingerprint density at radius 1 is 0.260 bits per heavy atom. The molecule has 7 saturated carbocycles. The van der Waals surface area contributed by atoms with Gasteiger partial charge in [0.2, 0.25) is 0 Å². The second-order valence-electron chi connectivity index (χ2n) is 20.7. The summed E-state index contributed by atoms with van der Waals surface area (Å²) in [6.45, 7) is 10.0. The summed E-state index contributed by atoms with van der Waals surface area (Å²) < 4.78 is 0. The first-order valence-electron chi connectivity index (χ1n) is 23.6. The van der Waals surface area contributed by atoms with Crippen molar-refractivity contribution in [3.63, 3.8) is 0 Å². The maximum absolute atomic E-state index is 3.20. The minimum atomic E-state index is 0.863. The minimum absolute atomic E-state index is 0.863. The van der Waals surface area contributed by atoms with Crippen LogP contribution in [0.1, 0.15) is 207 Å². The fraction of sp³-hybridized carbons (Fsp3) is 0.958. The molecular weight excluding hydrogens is 605 g/mol. The summed E-state index contributed by atoms with van der Waals surface area (Å²) in [5.74, 6) is 7.68. The van der Waals surface area contributed by atoms with Gasteiger partial charge in [0.05, 0.1) is 0 Å². The molecule has 0 aromatic carbocycles. The number of nitrogens with zero attached hydrogens (tertiary/aromatic N) is 2. The maximum atomic E-state index is 3.20. The molecule has 0 unspecified atom stereocenters. The van der Waals surface area contributed by atoms with Crippen molar-refractivity contribution in [2.45, 2.75) is 244 Å². The predicted molar refractivity (Wildman–Crippen MR) is 215 cm³/mol. The molecule has 0 aliphatic heterocycles. The van der Waals surface area contributed by atoms with Crippen molar-refractivity contribution in [2.75, 3.05) is 0 Å². The van der Waals surface area contributed by atoms with E-state index in [1.54, 1.807) is 12.8 Å². The van der Waals surface area contributed by atoms with E-state index in [1.165, 1.54) is 167 Å². The summed E-state index contributed by atoms with van der Waals surface area (Å²) in [6, 6.07) is 5.39. The average molecular weight is 689 g/mol. The van der Waals surface area contributed by atoms with Gasteiger partial charge >= 0.3 is 0 Å². The highest BCUT2D eigenvalue weighted by Gasteiger charge is 2.40. The van der Waals surface area contributed by atoms with Gasteiger partial charge in [0.15, 0.2) is 0 Å². The maximum Gasteiger partial charge on any atom is 0.0102 e. The molecule has 0 radical (unpaired) electrons. The lowest BCUT2D eigenvalue weighted by Gasteiger charge is -2.50. The zero-order chi connectivity index (χ0) is 34.5. The van der Waals surface area contributed by atoms with Crippen molar-refractivity contribution in [2.24, 2.45) is 47.3 Å². The molecule has 0 saturated heterocycles. The molecule has 0 atom stereocenters. The molecule has 0 bridgehead atoms.